The average Bonchev–Trinajstić information content (AvgIpc) is 3.39. The van der Waals surface area contributed by atoms with Crippen LogP contribution in [0.2, 0.25) is 5.02 Å². The van der Waals surface area contributed by atoms with Crippen LogP contribution in [0.1, 0.15) is 11.1 Å². The molecule has 1 fully saturated rings. The first kappa shape index (κ1) is 28.0. The maximum atomic E-state index is 13.8. The summed E-state index contributed by atoms with van der Waals surface area (Å²) < 4.78 is 41.3. The van der Waals surface area contributed by atoms with Crippen molar-refractivity contribution < 1.29 is 17.9 Å². The number of ether oxygens (including phenoxy) is 2. The molecule has 9 nitrogen and oxygen atoms in total. The number of morpholine rings is 1. The molecule has 0 bridgehead atoms. The van der Waals surface area contributed by atoms with Crippen LogP contribution in [0.15, 0.2) is 88.9 Å². The standard InChI is InChI=1S/C31H29ClN4O5S/c1-21-3-6-26(7-4-21)42(38,39)36-20-28(27-17-25(18-33-31(27)36)34-11-13-41-14-12-34)22-9-10-35(30(37)16-22)19-23-15-24(32)5-8-29(23)40-2/h3-10,15-18,20H,11-14,19H2,1-2H3. The van der Waals surface area contributed by atoms with E-state index in [-0.39, 0.29) is 22.6 Å². The Morgan fingerprint density at radius 2 is 1.79 bits per heavy atom. The summed E-state index contributed by atoms with van der Waals surface area (Å²) in [6.45, 7) is 4.77. The summed E-state index contributed by atoms with van der Waals surface area (Å²) in [6, 6.07) is 17.2. The number of halogens is 1. The molecule has 0 N–H and O–H groups in total. The Morgan fingerprint density at radius 3 is 2.50 bits per heavy atom. The number of pyridine rings is 2. The smallest absolute Gasteiger partial charge is 0.269 e. The number of hydrogen-bond acceptors (Lipinski definition) is 7. The number of aromatic nitrogens is 3. The molecule has 42 heavy (non-hydrogen) atoms. The molecule has 3 aromatic heterocycles. The van der Waals surface area contributed by atoms with E-state index in [4.69, 9.17) is 21.1 Å². The highest BCUT2D eigenvalue weighted by Crippen LogP contribution is 2.34. The Hall–Kier alpha value is -4.12. The van der Waals surface area contributed by atoms with Crippen LogP contribution < -0.4 is 15.2 Å². The van der Waals surface area contributed by atoms with Gasteiger partial charge in [0, 0.05) is 53.1 Å². The Bertz CT molecular complexity index is 1950. The summed E-state index contributed by atoms with van der Waals surface area (Å²) >= 11 is 6.19. The van der Waals surface area contributed by atoms with Gasteiger partial charge in [-0.1, -0.05) is 29.3 Å². The summed E-state index contributed by atoms with van der Waals surface area (Å²) in [5.74, 6) is 0.626. The van der Waals surface area contributed by atoms with Gasteiger partial charge in [-0.2, -0.15) is 0 Å². The van der Waals surface area contributed by atoms with Gasteiger partial charge in [-0.05, 0) is 55.0 Å². The molecule has 2 aromatic carbocycles. The lowest BCUT2D eigenvalue weighted by molar-refractivity contribution is 0.122. The Labute approximate surface area is 248 Å². The maximum absolute atomic E-state index is 13.8. The van der Waals surface area contributed by atoms with Gasteiger partial charge in [0.1, 0.15) is 5.75 Å². The lowest BCUT2D eigenvalue weighted by atomic mass is 10.1. The fourth-order valence-corrected chi connectivity index (χ4v) is 6.68. The van der Waals surface area contributed by atoms with Crippen LogP contribution in [0.4, 0.5) is 5.69 Å². The fourth-order valence-electron chi connectivity index (χ4n) is 5.16. The van der Waals surface area contributed by atoms with E-state index in [2.05, 4.69) is 9.88 Å². The number of anilines is 1. The predicted octanol–water partition coefficient (Wildman–Crippen LogP) is 4.96. The van der Waals surface area contributed by atoms with Crippen molar-refractivity contribution in [2.45, 2.75) is 18.4 Å². The summed E-state index contributed by atoms with van der Waals surface area (Å²) in [5, 5.41) is 1.17. The van der Waals surface area contributed by atoms with Gasteiger partial charge in [0.05, 0.1) is 43.6 Å². The van der Waals surface area contributed by atoms with Gasteiger partial charge in [0.15, 0.2) is 5.65 Å². The molecule has 0 spiro atoms. The van der Waals surface area contributed by atoms with E-state index in [1.165, 1.54) is 10.0 Å². The first-order valence-electron chi connectivity index (χ1n) is 13.4. The third-order valence-electron chi connectivity index (χ3n) is 7.44. The van der Waals surface area contributed by atoms with Crippen LogP contribution in [0.3, 0.4) is 0 Å². The Balaban J connectivity index is 1.47. The van der Waals surface area contributed by atoms with Crippen molar-refractivity contribution in [3.05, 3.63) is 106 Å². The van der Waals surface area contributed by atoms with Crippen molar-refractivity contribution in [2.24, 2.45) is 0 Å². The number of aryl methyl sites for hydroxylation is 1. The fraction of sp³-hybridized carbons (Fsp3) is 0.226. The van der Waals surface area contributed by atoms with E-state index in [1.807, 2.05) is 13.0 Å². The zero-order valence-corrected chi connectivity index (χ0v) is 24.7. The molecule has 216 valence electrons. The van der Waals surface area contributed by atoms with Crippen molar-refractivity contribution in [2.75, 3.05) is 38.3 Å². The zero-order chi connectivity index (χ0) is 29.4. The van der Waals surface area contributed by atoms with E-state index >= 15 is 0 Å². The van der Waals surface area contributed by atoms with Crippen LogP contribution in [0, 0.1) is 6.92 Å². The minimum absolute atomic E-state index is 0.154. The summed E-state index contributed by atoms with van der Waals surface area (Å²) in [4.78, 5) is 20.3. The molecule has 0 saturated carbocycles. The third kappa shape index (κ3) is 5.29. The SMILES string of the molecule is COc1ccc(Cl)cc1Cn1ccc(-c2cn(S(=O)(=O)c3ccc(C)cc3)c3ncc(N4CCOCC4)cc23)cc1=O. The molecule has 1 saturated heterocycles. The van der Waals surface area contributed by atoms with Gasteiger partial charge in [-0.15, -0.1) is 0 Å². The highest BCUT2D eigenvalue weighted by Gasteiger charge is 2.24. The highest BCUT2D eigenvalue weighted by molar-refractivity contribution is 7.90. The lowest BCUT2D eigenvalue weighted by Gasteiger charge is -2.28. The van der Waals surface area contributed by atoms with E-state index in [1.54, 1.807) is 78.8 Å². The molecule has 1 aliphatic heterocycles. The van der Waals surface area contributed by atoms with E-state index in [9.17, 15) is 13.2 Å². The van der Waals surface area contributed by atoms with Gasteiger partial charge in [-0.25, -0.2) is 17.4 Å². The summed E-state index contributed by atoms with van der Waals surface area (Å²) in [7, 11) is -2.40. The molecule has 0 radical (unpaired) electrons. The van der Waals surface area contributed by atoms with Gasteiger partial charge >= 0.3 is 0 Å². The molecule has 0 amide bonds. The quantitative estimate of drug-likeness (QED) is 0.259. The molecule has 0 unspecified atom stereocenters. The van der Waals surface area contributed by atoms with Crippen molar-refractivity contribution in [1.29, 1.82) is 0 Å². The maximum Gasteiger partial charge on any atom is 0.269 e. The number of hydrogen-bond donors (Lipinski definition) is 0. The van der Waals surface area contributed by atoms with E-state index < -0.39 is 10.0 Å². The van der Waals surface area contributed by atoms with Crippen LogP contribution in [0.5, 0.6) is 5.75 Å². The molecule has 6 rings (SSSR count). The molecule has 11 heteroatoms. The van der Waals surface area contributed by atoms with Gasteiger partial charge in [0.2, 0.25) is 0 Å². The summed E-state index contributed by atoms with van der Waals surface area (Å²) in [6.07, 6.45) is 4.93. The zero-order valence-electron chi connectivity index (χ0n) is 23.2. The van der Waals surface area contributed by atoms with Crippen LogP contribution in [-0.2, 0) is 21.3 Å². The first-order valence-corrected chi connectivity index (χ1v) is 15.3. The predicted molar refractivity (Wildman–Crippen MR) is 163 cm³/mol. The van der Waals surface area contributed by atoms with Crippen LogP contribution in [-0.4, -0.2) is 55.4 Å². The van der Waals surface area contributed by atoms with Crippen LogP contribution in [0.25, 0.3) is 22.2 Å². The molecule has 0 atom stereocenters. The monoisotopic (exact) mass is 604 g/mol. The second-order valence-corrected chi connectivity index (χ2v) is 12.4. The molecule has 4 heterocycles. The van der Waals surface area contributed by atoms with E-state index in [0.29, 0.717) is 53.6 Å². The number of fused-ring (bicyclic) bond motifs is 1. The molecular formula is C31H29ClN4O5S. The molecule has 5 aromatic rings. The molecule has 1 aliphatic rings. The summed E-state index contributed by atoms with van der Waals surface area (Å²) in [5.41, 5.74) is 3.78. The average molecular weight is 605 g/mol. The molecular weight excluding hydrogens is 576 g/mol. The second-order valence-electron chi connectivity index (χ2n) is 10.2. The minimum atomic E-state index is -3.97. The van der Waals surface area contributed by atoms with Crippen molar-refractivity contribution in [1.82, 2.24) is 13.5 Å². The number of benzene rings is 2. The van der Waals surface area contributed by atoms with Crippen molar-refractivity contribution >= 4 is 38.3 Å². The first-order chi connectivity index (χ1) is 20.2. The van der Waals surface area contributed by atoms with Crippen molar-refractivity contribution in [3.63, 3.8) is 0 Å². The van der Waals surface area contributed by atoms with Gasteiger partial charge in [-0.3, -0.25) is 4.79 Å². The Kier molecular flexibility index (Phi) is 7.53. The lowest BCUT2D eigenvalue weighted by Crippen LogP contribution is -2.36. The minimum Gasteiger partial charge on any atom is -0.496 e. The third-order valence-corrected chi connectivity index (χ3v) is 9.34. The van der Waals surface area contributed by atoms with E-state index in [0.717, 1.165) is 16.8 Å². The van der Waals surface area contributed by atoms with Crippen LogP contribution >= 0.6 is 11.6 Å². The topological polar surface area (TPSA) is 95.7 Å². The van der Waals surface area contributed by atoms with Crippen molar-refractivity contribution in [3.8, 4) is 16.9 Å². The largest absolute Gasteiger partial charge is 0.496 e. The Morgan fingerprint density at radius 1 is 1.02 bits per heavy atom. The normalized spacial score (nSPS) is 13.9. The number of nitrogens with zero attached hydrogens (tertiary/aromatic N) is 4. The molecule has 0 aliphatic carbocycles. The number of methoxy groups -OCH3 is 1. The number of rotatable bonds is 7. The van der Waals surface area contributed by atoms with Gasteiger partial charge in [0.25, 0.3) is 15.6 Å². The highest BCUT2D eigenvalue weighted by atomic mass is 35.5. The second kappa shape index (κ2) is 11.3. The van der Waals surface area contributed by atoms with Gasteiger partial charge < -0.3 is 18.9 Å².